The molecule has 0 unspecified atom stereocenters. The van der Waals surface area contributed by atoms with Crippen molar-refractivity contribution >= 4 is 16.9 Å². The highest BCUT2D eigenvalue weighted by Gasteiger charge is 2.22. The molecule has 25 heavy (non-hydrogen) atoms. The summed E-state index contributed by atoms with van der Waals surface area (Å²) in [5.74, 6) is 1.59. The number of aromatic amines is 1. The first-order chi connectivity index (χ1) is 12.0. The van der Waals surface area contributed by atoms with Crippen molar-refractivity contribution in [3.05, 3.63) is 40.0 Å². The lowest BCUT2D eigenvalue weighted by atomic mass is 10.1. The lowest BCUT2D eigenvalue weighted by Gasteiger charge is -2.29. The van der Waals surface area contributed by atoms with Gasteiger partial charge < -0.3 is 9.88 Å². The van der Waals surface area contributed by atoms with Gasteiger partial charge in [-0.1, -0.05) is 0 Å². The maximum absolute atomic E-state index is 12.2. The molecular formula is C16H20N8O. The lowest BCUT2D eigenvalue weighted by Crippen LogP contribution is -2.33. The third-order valence-corrected chi connectivity index (χ3v) is 4.51. The number of aromatic nitrogens is 6. The maximum atomic E-state index is 12.2. The molecule has 4 heterocycles. The van der Waals surface area contributed by atoms with Crippen LogP contribution in [0.25, 0.3) is 11.0 Å². The van der Waals surface area contributed by atoms with Crippen LogP contribution in [0.5, 0.6) is 0 Å². The summed E-state index contributed by atoms with van der Waals surface area (Å²) in [5, 5.41) is 4.62. The van der Waals surface area contributed by atoms with Crippen molar-refractivity contribution in [2.24, 2.45) is 7.05 Å². The molecule has 1 aliphatic rings. The quantitative estimate of drug-likeness (QED) is 0.721. The molecule has 3 aromatic heterocycles. The lowest BCUT2D eigenvalue weighted by molar-refractivity contribution is 0.237. The Morgan fingerprint density at radius 2 is 2.16 bits per heavy atom. The van der Waals surface area contributed by atoms with Gasteiger partial charge >= 0.3 is 0 Å². The number of hydrogen-bond acceptors (Lipinski definition) is 7. The Morgan fingerprint density at radius 1 is 1.32 bits per heavy atom. The van der Waals surface area contributed by atoms with Gasteiger partial charge in [0.2, 0.25) is 0 Å². The second-order valence-corrected chi connectivity index (χ2v) is 6.50. The number of fused-ring (bicyclic) bond motifs is 2. The van der Waals surface area contributed by atoms with E-state index in [0.29, 0.717) is 23.4 Å². The van der Waals surface area contributed by atoms with Crippen LogP contribution in [0.3, 0.4) is 0 Å². The average molecular weight is 340 g/mol. The fourth-order valence-corrected chi connectivity index (χ4v) is 3.27. The molecule has 0 atom stereocenters. The van der Waals surface area contributed by atoms with Gasteiger partial charge in [-0.2, -0.15) is 5.10 Å². The number of nitrogens with zero attached hydrogens (tertiary/aromatic N) is 7. The molecule has 0 saturated carbocycles. The van der Waals surface area contributed by atoms with Crippen LogP contribution in [-0.4, -0.2) is 55.3 Å². The molecule has 1 N–H and O–H groups in total. The molecule has 130 valence electrons. The molecule has 1 aliphatic heterocycles. The fourth-order valence-electron chi connectivity index (χ4n) is 3.27. The number of rotatable bonds is 3. The molecule has 0 aliphatic carbocycles. The number of H-pyrrole nitrogens is 1. The molecule has 0 amide bonds. The molecule has 9 heteroatoms. The van der Waals surface area contributed by atoms with Crippen LogP contribution in [0.15, 0.2) is 17.3 Å². The van der Waals surface area contributed by atoms with E-state index >= 15 is 0 Å². The van der Waals surface area contributed by atoms with Crippen molar-refractivity contribution in [2.45, 2.75) is 19.5 Å². The topological polar surface area (TPSA) is 95.8 Å². The van der Waals surface area contributed by atoms with Crippen LogP contribution < -0.4 is 10.5 Å². The fraction of sp³-hybridized carbons (Fsp3) is 0.438. The zero-order valence-corrected chi connectivity index (χ0v) is 14.5. The molecule has 0 bridgehead atoms. The molecule has 9 nitrogen and oxygen atoms in total. The van der Waals surface area contributed by atoms with Gasteiger partial charge in [-0.25, -0.2) is 15.0 Å². The minimum atomic E-state index is -0.150. The van der Waals surface area contributed by atoms with E-state index < -0.39 is 0 Å². The van der Waals surface area contributed by atoms with Gasteiger partial charge in [-0.3, -0.25) is 14.4 Å². The summed E-state index contributed by atoms with van der Waals surface area (Å²) >= 11 is 0. The third kappa shape index (κ3) is 2.76. The van der Waals surface area contributed by atoms with Crippen LogP contribution in [0.1, 0.15) is 17.1 Å². The van der Waals surface area contributed by atoms with E-state index in [1.807, 2.05) is 19.0 Å². The Bertz CT molecular complexity index is 989. The van der Waals surface area contributed by atoms with Gasteiger partial charge in [0.15, 0.2) is 5.65 Å². The molecular weight excluding hydrogens is 320 g/mol. The monoisotopic (exact) mass is 340 g/mol. The second-order valence-electron chi connectivity index (χ2n) is 6.50. The summed E-state index contributed by atoms with van der Waals surface area (Å²) in [4.78, 5) is 32.7. The van der Waals surface area contributed by atoms with Gasteiger partial charge in [0.25, 0.3) is 5.56 Å². The predicted octanol–water partition coefficient (Wildman–Crippen LogP) is 0.0709. The first-order valence-corrected chi connectivity index (χ1v) is 8.16. The van der Waals surface area contributed by atoms with Crippen molar-refractivity contribution in [3.63, 3.8) is 0 Å². The van der Waals surface area contributed by atoms with Gasteiger partial charge in [0.1, 0.15) is 23.4 Å². The Kier molecular flexibility index (Phi) is 3.72. The Hall–Kier alpha value is -2.81. The van der Waals surface area contributed by atoms with E-state index in [2.05, 4.69) is 29.9 Å². The van der Waals surface area contributed by atoms with Crippen LogP contribution in [0.2, 0.25) is 0 Å². The summed E-state index contributed by atoms with van der Waals surface area (Å²) in [6.07, 6.45) is 4.03. The van der Waals surface area contributed by atoms with E-state index in [4.69, 9.17) is 0 Å². The minimum absolute atomic E-state index is 0.150. The van der Waals surface area contributed by atoms with Crippen LogP contribution in [0, 0.1) is 0 Å². The van der Waals surface area contributed by atoms with E-state index in [1.54, 1.807) is 24.3 Å². The van der Waals surface area contributed by atoms with E-state index in [9.17, 15) is 4.79 Å². The van der Waals surface area contributed by atoms with Gasteiger partial charge in [0.05, 0.1) is 18.4 Å². The summed E-state index contributed by atoms with van der Waals surface area (Å²) < 4.78 is 1.62. The highest BCUT2D eigenvalue weighted by molar-refractivity contribution is 5.72. The highest BCUT2D eigenvalue weighted by Crippen LogP contribution is 2.25. The standard InChI is InChI=1S/C16H20N8O/c1-22(2)14-11-7-24(5-4-12(11)17-9-18-14)8-13-20-15-10(16(25)21-13)6-19-23(15)3/h6,9H,4-5,7-8H2,1-3H3,(H,20,21,25). The summed E-state index contributed by atoms with van der Waals surface area (Å²) in [5.41, 5.74) is 2.69. The van der Waals surface area contributed by atoms with Crippen molar-refractivity contribution < 1.29 is 0 Å². The summed E-state index contributed by atoms with van der Waals surface area (Å²) in [6.45, 7) is 2.17. The SMILES string of the molecule is CN(C)c1ncnc2c1CN(Cc1nc3c(cnn3C)c(=O)[nH]1)CC2. The van der Waals surface area contributed by atoms with Gasteiger partial charge in [0, 0.05) is 46.2 Å². The predicted molar refractivity (Wildman–Crippen MR) is 93.3 cm³/mol. The molecule has 0 saturated heterocycles. The summed E-state index contributed by atoms with van der Waals surface area (Å²) in [7, 11) is 5.75. The highest BCUT2D eigenvalue weighted by atomic mass is 16.1. The Balaban J connectivity index is 1.63. The van der Waals surface area contributed by atoms with Crippen molar-refractivity contribution in [2.75, 3.05) is 25.5 Å². The normalized spacial score (nSPS) is 14.7. The molecule has 0 radical (unpaired) electrons. The number of hydrogen-bond donors (Lipinski definition) is 1. The summed E-state index contributed by atoms with van der Waals surface area (Å²) in [6, 6.07) is 0. The molecule has 0 aromatic carbocycles. The molecule has 4 rings (SSSR count). The molecule has 0 fully saturated rings. The first kappa shape index (κ1) is 15.7. The Labute approximate surface area is 144 Å². The van der Waals surface area contributed by atoms with Crippen molar-refractivity contribution in [1.29, 1.82) is 0 Å². The van der Waals surface area contributed by atoms with E-state index in [0.717, 1.165) is 36.6 Å². The van der Waals surface area contributed by atoms with Crippen LogP contribution >= 0.6 is 0 Å². The third-order valence-electron chi connectivity index (χ3n) is 4.51. The number of aryl methyl sites for hydroxylation is 1. The molecule has 3 aromatic rings. The average Bonchev–Trinajstić information content (AvgIpc) is 2.96. The van der Waals surface area contributed by atoms with E-state index in [1.165, 1.54) is 0 Å². The largest absolute Gasteiger partial charge is 0.362 e. The number of anilines is 1. The van der Waals surface area contributed by atoms with Crippen LogP contribution in [-0.2, 0) is 26.6 Å². The number of nitrogens with one attached hydrogen (secondary N) is 1. The van der Waals surface area contributed by atoms with E-state index in [-0.39, 0.29) is 5.56 Å². The zero-order chi connectivity index (χ0) is 17.6. The van der Waals surface area contributed by atoms with Gasteiger partial charge in [-0.15, -0.1) is 0 Å². The first-order valence-electron chi connectivity index (χ1n) is 8.16. The Morgan fingerprint density at radius 3 is 2.96 bits per heavy atom. The van der Waals surface area contributed by atoms with Crippen molar-refractivity contribution in [1.82, 2.24) is 34.6 Å². The maximum Gasteiger partial charge on any atom is 0.262 e. The molecule has 0 spiro atoms. The second kappa shape index (κ2) is 5.92. The minimum Gasteiger partial charge on any atom is -0.362 e. The van der Waals surface area contributed by atoms with Gasteiger partial charge in [-0.05, 0) is 0 Å². The smallest absolute Gasteiger partial charge is 0.262 e. The van der Waals surface area contributed by atoms with Crippen molar-refractivity contribution in [3.8, 4) is 0 Å². The zero-order valence-electron chi connectivity index (χ0n) is 14.5. The van der Waals surface area contributed by atoms with Crippen LogP contribution in [0.4, 0.5) is 5.82 Å².